The van der Waals surface area contributed by atoms with Crippen molar-refractivity contribution in [2.75, 3.05) is 7.11 Å². The van der Waals surface area contributed by atoms with Gasteiger partial charge in [-0.3, -0.25) is 9.59 Å². The van der Waals surface area contributed by atoms with Crippen LogP contribution in [0.2, 0.25) is 0 Å². The third-order valence-corrected chi connectivity index (χ3v) is 3.73. The summed E-state index contributed by atoms with van der Waals surface area (Å²) in [7, 11) is 1.44. The van der Waals surface area contributed by atoms with E-state index in [9.17, 15) is 9.59 Å². The van der Waals surface area contributed by atoms with Gasteiger partial charge < -0.3 is 10.1 Å². The van der Waals surface area contributed by atoms with E-state index in [-0.39, 0.29) is 23.3 Å². The number of methoxy groups -OCH3 is 1. The number of nitrogens with one attached hydrogen (secondary N) is 1. The SMILES string of the molecule is COC(=O)[C@@H]1CCC[C@H](C(C)(C)NC(C)=O)C1. The third kappa shape index (κ3) is 3.72. The van der Waals surface area contributed by atoms with Gasteiger partial charge in [-0.25, -0.2) is 0 Å². The molecule has 1 saturated carbocycles. The Bertz CT molecular complexity index is 299. The second-order valence-corrected chi connectivity index (χ2v) is 5.49. The Labute approximate surface area is 103 Å². The molecule has 2 atom stereocenters. The maximum atomic E-state index is 11.6. The Morgan fingerprint density at radius 3 is 2.47 bits per heavy atom. The molecule has 0 aromatic heterocycles. The van der Waals surface area contributed by atoms with Crippen LogP contribution in [0.25, 0.3) is 0 Å². The molecule has 0 heterocycles. The van der Waals surface area contributed by atoms with Crippen LogP contribution in [0.15, 0.2) is 0 Å². The normalized spacial score (nSPS) is 25.2. The zero-order valence-electron chi connectivity index (χ0n) is 11.2. The van der Waals surface area contributed by atoms with E-state index in [4.69, 9.17) is 4.74 Å². The van der Waals surface area contributed by atoms with Gasteiger partial charge in [0.1, 0.15) is 0 Å². The molecule has 1 fully saturated rings. The minimum atomic E-state index is -0.251. The molecule has 1 aliphatic rings. The van der Waals surface area contributed by atoms with Crippen LogP contribution in [0, 0.1) is 11.8 Å². The van der Waals surface area contributed by atoms with Crippen molar-refractivity contribution in [3.63, 3.8) is 0 Å². The highest BCUT2D eigenvalue weighted by Gasteiger charge is 2.36. The van der Waals surface area contributed by atoms with E-state index in [0.29, 0.717) is 5.92 Å². The molecule has 0 spiro atoms. The molecule has 0 saturated heterocycles. The molecule has 0 radical (unpaired) electrons. The smallest absolute Gasteiger partial charge is 0.308 e. The zero-order chi connectivity index (χ0) is 13.1. The number of ether oxygens (including phenoxy) is 1. The van der Waals surface area contributed by atoms with E-state index < -0.39 is 0 Å². The van der Waals surface area contributed by atoms with Crippen LogP contribution >= 0.6 is 0 Å². The fourth-order valence-corrected chi connectivity index (χ4v) is 2.78. The van der Waals surface area contributed by atoms with E-state index in [1.54, 1.807) is 0 Å². The third-order valence-electron chi connectivity index (χ3n) is 3.73. The van der Waals surface area contributed by atoms with Gasteiger partial charge in [0.25, 0.3) is 0 Å². The fourth-order valence-electron chi connectivity index (χ4n) is 2.78. The largest absolute Gasteiger partial charge is 0.469 e. The van der Waals surface area contributed by atoms with Crippen molar-refractivity contribution in [2.24, 2.45) is 11.8 Å². The first kappa shape index (κ1) is 14.0. The first-order valence-electron chi connectivity index (χ1n) is 6.23. The van der Waals surface area contributed by atoms with Crippen molar-refractivity contribution in [1.82, 2.24) is 5.32 Å². The molecule has 4 nitrogen and oxygen atoms in total. The van der Waals surface area contributed by atoms with Gasteiger partial charge in [0.2, 0.25) is 5.91 Å². The van der Waals surface area contributed by atoms with E-state index >= 15 is 0 Å². The highest BCUT2D eigenvalue weighted by atomic mass is 16.5. The molecule has 0 aromatic rings. The van der Waals surface area contributed by atoms with Gasteiger partial charge in [-0.15, -0.1) is 0 Å². The number of hydrogen-bond donors (Lipinski definition) is 1. The van der Waals surface area contributed by atoms with Gasteiger partial charge in [0.05, 0.1) is 13.0 Å². The first-order valence-corrected chi connectivity index (χ1v) is 6.23. The van der Waals surface area contributed by atoms with Crippen LogP contribution in [0.5, 0.6) is 0 Å². The lowest BCUT2D eigenvalue weighted by molar-refractivity contribution is -0.147. The van der Waals surface area contributed by atoms with Crippen molar-refractivity contribution in [1.29, 1.82) is 0 Å². The van der Waals surface area contributed by atoms with Gasteiger partial charge >= 0.3 is 5.97 Å². The molecule has 0 aliphatic heterocycles. The molecule has 1 aliphatic carbocycles. The van der Waals surface area contributed by atoms with Crippen LogP contribution in [0.3, 0.4) is 0 Å². The van der Waals surface area contributed by atoms with Gasteiger partial charge in [-0.05, 0) is 39.0 Å². The quantitative estimate of drug-likeness (QED) is 0.768. The van der Waals surface area contributed by atoms with Gasteiger partial charge in [-0.2, -0.15) is 0 Å². The predicted octanol–water partition coefficient (Wildman–Crippen LogP) is 1.88. The molecule has 0 aromatic carbocycles. The number of hydrogen-bond acceptors (Lipinski definition) is 3. The Hall–Kier alpha value is -1.06. The van der Waals surface area contributed by atoms with Crippen LogP contribution in [-0.2, 0) is 14.3 Å². The second-order valence-electron chi connectivity index (χ2n) is 5.49. The summed E-state index contributed by atoms with van der Waals surface area (Å²) in [4.78, 5) is 22.7. The molecule has 0 unspecified atom stereocenters. The van der Waals surface area contributed by atoms with Crippen molar-refractivity contribution < 1.29 is 14.3 Å². The van der Waals surface area contributed by atoms with Crippen molar-refractivity contribution in [2.45, 2.75) is 52.0 Å². The summed E-state index contributed by atoms with van der Waals surface area (Å²) in [5.74, 6) is 0.194. The molecular weight excluding hydrogens is 218 g/mol. The standard InChI is InChI=1S/C13H23NO3/c1-9(15)14-13(2,3)11-7-5-6-10(8-11)12(16)17-4/h10-11H,5-8H2,1-4H3,(H,14,15)/t10-,11+/m1/s1. The Morgan fingerprint density at radius 2 is 1.94 bits per heavy atom. The lowest BCUT2D eigenvalue weighted by Gasteiger charge is -2.39. The summed E-state index contributed by atoms with van der Waals surface area (Å²) in [6.07, 6.45) is 3.79. The van der Waals surface area contributed by atoms with Crippen LogP contribution in [-0.4, -0.2) is 24.5 Å². The Kier molecular flexibility index (Phi) is 4.54. The van der Waals surface area contributed by atoms with Crippen LogP contribution in [0.1, 0.15) is 46.5 Å². The minimum absolute atomic E-state index is 0.00761. The van der Waals surface area contributed by atoms with E-state index in [0.717, 1.165) is 25.7 Å². The van der Waals surface area contributed by atoms with E-state index in [2.05, 4.69) is 5.32 Å². The maximum Gasteiger partial charge on any atom is 0.308 e. The summed E-state index contributed by atoms with van der Waals surface area (Å²) in [6, 6.07) is 0. The monoisotopic (exact) mass is 241 g/mol. The summed E-state index contributed by atoms with van der Waals surface area (Å²) >= 11 is 0. The lowest BCUT2D eigenvalue weighted by Crippen LogP contribution is -2.50. The average molecular weight is 241 g/mol. The van der Waals surface area contributed by atoms with Crippen LogP contribution < -0.4 is 5.32 Å². The summed E-state index contributed by atoms with van der Waals surface area (Å²) < 4.78 is 4.81. The average Bonchev–Trinajstić information content (AvgIpc) is 2.26. The van der Waals surface area contributed by atoms with Crippen molar-refractivity contribution in [3.05, 3.63) is 0 Å². The molecule has 98 valence electrons. The highest BCUT2D eigenvalue weighted by Crippen LogP contribution is 2.36. The van der Waals surface area contributed by atoms with Crippen LogP contribution in [0.4, 0.5) is 0 Å². The lowest BCUT2D eigenvalue weighted by atomic mass is 9.72. The van der Waals surface area contributed by atoms with E-state index in [1.165, 1.54) is 14.0 Å². The van der Waals surface area contributed by atoms with Crippen molar-refractivity contribution >= 4 is 11.9 Å². The second kappa shape index (κ2) is 5.52. The number of carbonyl (C=O) groups is 2. The Balaban J connectivity index is 2.65. The number of esters is 1. The van der Waals surface area contributed by atoms with Gasteiger partial charge in [-0.1, -0.05) is 6.42 Å². The molecule has 0 bridgehead atoms. The zero-order valence-corrected chi connectivity index (χ0v) is 11.2. The van der Waals surface area contributed by atoms with Crippen molar-refractivity contribution in [3.8, 4) is 0 Å². The summed E-state index contributed by atoms with van der Waals surface area (Å²) in [6.45, 7) is 5.58. The number of amides is 1. The highest BCUT2D eigenvalue weighted by molar-refractivity contribution is 5.74. The Morgan fingerprint density at radius 1 is 1.29 bits per heavy atom. The van der Waals surface area contributed by atoms with Gasteiger partial charge in [0.15, 0.2) is 0 Å². The number of carbonyl (C=O) groups excluding carboxylic acids is 2. The molecule has 1 amide bonds. The molecular formula is C13H23NO3. The minimum Gasteiger partial charge on any atom is -0.469 e. The first-order chi connectivity index (χ1) is 7.86. The topological polar surface area (TPSA) is 55.4 Å². The molecule has 1 rings (SSSR count). The molecule has 1 N–H and O–H groups in total. The summed E-state index contributed by atoms with van der Waals surface area (Å²) in [5, 5.41) is 2.98. The summed E-state index contributed by atoms with van der Waals surface area (Å²) in [5.41, 5.74) is -0.251. The molecule has 4 heteroatoms. The molecule has 17 heavy (non-hydrogen) atoms. The van der Waals surface area contributed by atoms with E-state index in [1.807, 2.05) is 13.8 Å². The predicted molar refractivity (Wildman–Crippen MR) is 65.4 cm³/mol. The maximum absolute atomic E-state index is 11.6. The number of rotatable bonds is 3. The fraction of sp³-hybridized carbons (Fsp3) is 0.846. The van der Waals surface area contributed by atoms with Gasteiger partial charge in [0, 0.05) is 12.5 Å².